The van der Waals surface area contributed by atoms with E-state index in [9.17, 15) is 0 Å². The van der Waals surface area contributed by atoms with Gasteiger partial charge in [-0.2, -0.15) is 0 Å². The van der Waals surface area contributed by atoms with E-state index >= 15 is 0 Å². The van der Waals surface area contributed by atoms with Gasteiger partial charge in [0.2, 0.25) is 0 Å². The van der Waals surface area contributed by atoms with Crippen molar-refractivity contribution in [1.29, 1.82) is 0 Å². The van der Waals surface area contributed by atoms with Crippen LogP contribution in [0.1, 0.15) is 6.42 Å². The molecule has 0 aromatic heterocycles. The van der Waals surface area contributed by atoms with Crippen LogP contribution in [0.15, 0.2) is 28.8 Å². The number of rotatable bonds is 4. The third-order valence-electron chi connectivity index (χ3n) is 1.50. The summed E-state index contributed by atoms with van der Waals surface area (Å²) in [6.45, 7) is 1.08. The van der Waals surface area contributed by atoms with Crippen LogP contribution in [0.4, 0.5) is 0 Å². The summed E-state index contributed by atoms with van der Waals surface area (Å²) in [7, 11) is 0. The van der Waals surface area contributed by atoms with Crippen molar-refractivity contribution in [2.75, 3.05) is 13.2 Å². The van der Waals surface area contributed by atoms with Crippen molar-refractivity contribution in [1.82, 2.24) is 0 Å². The zero-order valence-corrected chi connectivity index (χ0v) is 12.9. The normalized spacial score (nSPS) is 13.9. The molecule has 0 aliphatic heterocycles. The molecular formula is C9H10KNOS2. The second-order valence-corrected chi connectivity index (χ2v) is 3.51. The van der Waals surface area contributed by atoms with Crippen molar-refractivity contribution < 1.29 is 56.1 Å². The van der Waals surface area contributed by atoms with Gasteiger partial charge in [0.25, 0.3) is 0 Å². The molecule has 0 unspecified atom stereocenters. The van der Waals surface area contributed by atoms with Crippen molar-refractivity contribution in [3.8, 4) is 0 Å². The molecule has 14 heavy (non-hydrogen) atoms. The number of hydrogen-bond acceptors (Lipinski definition) is 4. The minimum absolute atomic E-state index is 0. The molecule has 2 nitrogen and oxygen atoms in total. The van der Waals surface area contributed by atoms with Gasteiger partial charge >= 0.3 is 51.4 Å². The van der Waals surface area contributed by atoms with E-state index < -0.39 is 0 Å². The molecule has 0 heterocycles. The van der Waals surface area contributed by atoms with Crippen LogP contribution in [0.3, 0.4) is 0 Å². The van der Waals surface area contributed by atoms with E-state index in [1.165, 1.54) is 5.57 Å². The zero-order valence-electron chi connectivity index (χ0n) is 8.10. The molecule has 0 amide bonds. The minimum atomic E-state index is 0. The molecular weight excluding hydrogens is 241 g/mol. The van der Waals surface area contributed by atoms with Gasteiger partial charge < -0.3 is 29.6 Å². The minimum Gasteiger partial charge on any atom is -0.512 e. The molecule has 0 bridgehead atoms. The van der Waals surface area contributed by atoms with Gasteiger partial charge in [-0.3, -0.25) is 4.99 Å². The van der Waals surface area contributed by atoms with E-state index in [4.69, 9.17) is 4.74 Å². The second kappa shape index (κ2) is 9.15. The molecule has 0 atom stereocenters. The van der Waals surface area contributed by atoms with E-state index in [0.29, 0.717) is 13.2 Å². The Kier molecular flexibility index (Phi) is 9.73. The van der Waals surface area contributed by atoms with E-state index in [1.807, 2.05) is 18.4 Å². The summed E-state index contributed by atoms with van der Waals surface area (Å²) in [5.74, 6) is 0. The van der Waals surface area contributed by atoms with E-state index in [1.54, 1.807) is 0 Å². The van der Waals surface area contributed by atoms with Crippen LogP contribution in [0.25, 0.3) is 0 Å². The van der Waals surface area contributed by atoms with E-state index in [0.717, 1.165) is 6.42 Å². The van der Waals surface area contributed by atoms with Gasteiger partial charge in [-0.25, -0.2) is 0 Å². The van der Waals surface area contributed by atoms with Gasteiger partial charge in [0, 0.05) is 10.6 Å². The molecule has 0 radical (unpaired) electrons. The molecule has 1 rings (SSSR count). The smallest absolute Gasteiger partial charge is 0.512 e. The summed E-state index contributed by atoms with van der Waals surface area (Å²) in [5, 5.41) is 0. The average molecular weight is 251 g/mol. The predicted octanol–water partition coefficient (Wildman–Crippen LogP) is -1.20. The Labute approximate surface area is 138 Å². The van der Waals surface area contributed by atoms with E-state index in [2.05, 4.69) is 35.9 Å². The van der Waals surface area contributed by atoms with Crippen LogP contribution in [0, 0.1) is 0 Å². The quantitative estimate of drug-likeness (QED) is 0.206. The fraction of sp³-hybridized carbons (Fsp3) is 0.333. The predicted molar refractivity (Wildman–Crippen MR) is 61.1 cm³/mol. The van der Waals surface area contributed by atoms with Gasteiger partial charge in [0.15, 0.2) is 0 Å². The summed E-state index contributed by atoms with van der Waals surface area (Å²) in [5.41, 5.74) is 1.22. The number of aliphatic imine (C=N–C) groups is 1. The third-order valence-corrected chi connectivity index (χ3v) is 1.73. The Hall–Kier alpha value is 0.896. The molecule has 0 saturated heterocycles. The summed E-state index contributed by atoms with van der Waals surface area (Å²) < 4.78 is 5.07. The molecule has 5 heteroatoms. The molecule has 0 fully saturated rings. The van der Waals surface area contributed by atoms with Crippen molar-refractivity contribution in [2.24, 2.45) is 4.99 Å². The van der Waals surface area contributed by atoms with Gasteiger partial charge in [-0.05, 0) is 12.0 Å². The maximum atomic E-state index is 4.90. The summed E-state index contributed by atoms with van der Waals surface area (Å²) in [6, 6.07) is 0. The average Bonchev–Trinajstić information content (AvgIpc) is 2.55. The topological polar surface area (TPSA) is 21.6 Å². The summed E-state index contributed by atoms with van der Waals surface area (Å²) in [4.78, 5) is 4.16. The standard InChI is InChI=1S/C9H11NOS2.K/c12-9(13)11-6-5-10-7-8-3-1-2-4-8;/h1-3,7H,4-6H2,(H,12,13);/q;+1/p-1. The fourth-order valence-electron chi connectivity index (χ4n) is 0.923. The summed E-state index contributed by atoms with van der Waals surface area (Å²) >= 11 is 9.14. The molecule has 0 N–H and O–H groups in total. The van der Waals surface area contributed by atoms with Crippen LogP contribution < -0.4 is 51.4 Å². The first-order valence-corrected chi connectivity index (χ1v) is 4.80. The van der Waals surface area contributed by atoms with Crippen molar-refractivity contribution in [2.45, 2.75) is 6.42 Å². The van der Waals surface area contributed by atoms with Crippen LogP contribution in [-0.4, -0.2) is 23.7 Å². The van der Waals surface area contributed by atoms with Gasteiger partial charge in [0.1, 0.15) is 6.61 Å². The molecule has 1 aliphatic rings. The molecule has 1 aliphatic carbocycles. The van der Waals surface area contributed by atoms with Crippen LogP contribution >= 0.6 is 12.2 Å². The third kappa shape index (κ3) is 7.22. The van der Waals surface area contributed by atoms with Crippen LogP contribution in [-0.2, 0) is 17.4 Å². The SMILES string of the molecule is S=C([S-])OCCN=CC1=CC=CC1.[K+]. The molecule has 0 aromatic rings. The first-order valence-electron chi connectivity index (χ1n) is 3.98. The Morgan fingerprint density at radius 1 is 1.71 bits per heavy atom. The largest absolute Gasteiger partial charge is 1.00 e. The molecule has 0 spiro atoms. The van der Waals surface area contributed by atoms with Gasteiger partial charge in [-0.1, -0.05) is 18.2 Å². The van der Waals surface area contributed by atoms with E-state index in [-0.39, 0.29) is 55.8 Å². The first-order chi connectivity index (χ1) is 6.29. The fourth-order valence-corrected chi connectivity index (χ4v) is 1.09. The van der Waals surface area contributed by atoms with Crippen molar-refractivity contribution in [3.05, 3.63) is 23.8 Å². The Morgan fingerprint density at radius 2 is 2.50 bits per heavy atom. The summed E-state index contributed by atoms with van der Waals surface area (Å²) in [6.07, 6.45) is 8.99. The second-order valence-electron chi connectivity index (χ2n) is 2.51. The number of nitrogens with zero attached hydrogens (tertiary/aromatic N) is 1. The van der Waals surface area contributed by atoms with Crippen LogP contribution in [0.2, 0.25) is 0 Å². The number of hydrogen-bond donors (Lipinski definition) is 0. The first kappa shape index (κ1) is 14.9. The number of allylic oxidation sites excluding steroid dienone is 4. The molecule has 0 aromatic carbocycles. The molecule has 70 valence electrons. The van der Waals surface area contributed by atoms with Crippen LogP contribution in [0.5, 0.6) is 0 Å². The molecule has 0 saturated carbocycles. The zero-order chi connectivity index (χ0) is 9.52. The monoisotopic (exact) mass is 251 g/mol. The Balaban J connectivity index is 0.00000169. The Morgan fingerprint density at radius 3 is 3.07 bits per heavy atom. The van der Waals surface area contributed by atoms with Crippen molar-refractivity contribution in [3.63, 3.8) is 0 Å². The maximum absolute atomic E-state index is 4.90. The Bertz CT molecular complexity index is 274. The van der Waals surface area contributed by atoms with Gasteiger partial charge in [0.05, 0.1) is 6.54 Å². The van der Waals surface area contributed by atoms with Crippen molar-refractivity contribution >= 4 is 35.4 Å². The number of thiocarbonyl (C=S) groups is 1. The number of ether oxygens (including phenoxy) is 1. The maximum Gasteiger partial charge on any atom is 1.00 e. The van der Waals surface area contributed by atoms with Gasteiger partial charge in [-0.15, -0.1) is 0 Å².